The molecule has 0 saturated heterocycles. The summed E-state index contributed by atoms with van der Waals surface area (Å²) in [4.78, 5) is 23.7. The Hall–Kier alpha value is -2.69. The van der Waals surface area contributed by atoms with Crippen molar-refractivity contribution in [1.82, 2.24) is 20.3 Å². The first-order chi connectivity index (χ1) is 10.6. The third kappa shape index (κ3) is 2.83. The van der Waals surface area contributed by atoms with E-state index in [0.717, 1.165) is 11.9 Å². The summed E-state index contributed by atoms with van der Waals surface area (Å²) in [5.41, 5.74) is 3.56. The van der Waals surface area contributed by atoms with Gasteiger partial charge in [-0.05, 0) is 31.9 Å². The van der Waals surface area contributed by atoms with Gasteiger partial charge in [0.15, 0.2) is 0 Å². The Morgan fingerprint density at radius 1 is 1.27 bits per heavy atom. The van der Waals surface area contributed by atoms with Crippen molar-refractivity contribution >= 4 is 16.8 Å². The van der Waals surface area contributed by atoms with Crippen LogP contribution in [-0.2, 0) is 6.42 Å². The zero-order chi connectivity index (χ0) is 15.5. The number of aromatic nitrogens is 3. The molecule has 112 valence electrons. The Balaban J connectivity index is 1.64. The van der Waals surface area contributed by atoms with Crippen molar-refractivity contribution in [1.29, 1.82) is 0 Å². The van der Waals surface area contributed by atoms with Gasteiger partial charge in [0.05, 0.1) is 11.3 Å². The van der Waals surface area contributed by atoms with E-state index in [1.165, 1.54) is 10.9 Å². The second-order valence-corrected chi connectivity index (χ2v) is 5.28. The van der Waals surface area contributed by atoms with Crippen LogP contribution in [0.25, 0.3) is 10.9 Å². The Kier molecular flexibility index (Phi) is 3.87. The first kappa shape index (κ1) is 14.3. The van der Waals surface area contributed by atoms with Crippen LogP contribution < -0.4 is 5.32 Å². The van der Waals surface area contributed by atoms with Gasteiger partial charge in [-0.15, -0.1) is 0 Å². The minimum absolute atomic E-state index is 0.127. The molecular weight excluding hydrogens is 276 g/mol. The van der Waals surface area contributed by atoms with Crippen LogP contribution in [0.5, 0.6) is 0 Å². The van der Waals surface area contributed by atoms with Crippen LogP contribution in [0.4, 0.5) is 0 Å². The molecule has 0 bridgehead atoms. The van der Waals surface area contributed by atoms with Crippen LogP contribution >= 0.6 is 0 Å². The molecule has 0 aliphatic carbocycles. The summed E-state index contributed by atoms with van der Waals surface area (Å²) in [6, 6.07) is 8.15. The van der Waals surface area contributed by atoms with Gasteiger partial charge < -0.3 is 10.3 Å². The summed E-state index contributed by atoms with van der Waals surface area (Å²) in [6.07, 6.45) is 4.36. The maximum Gasteiger partial charge on any atom is 0.254 e. The van der Waals surface area contributed by atoms with Crippen LogP contribution in [0.1, 0.15) is 27.4 Å². The Morgan fingerprint density at radius 3 is 2.91 bits per heavy atom. The van der Waals surface area contributed by atoms with Gasteiger partial charge in [0.25, 0.3) is 5.91 Å². The number of carbonyl (C=O) groups excluding carboxylic acids is 1. The van der Waals surface area contributed by atoms with Gasteiger partial charge in [0, 0.05) is 29.8 Å². The van der Waals surface area contributed by atoms with Crippen molar-refractivity contribution < 1.29 is 4.79 Å². The van der Waals surface area contributed by atoms with Crippen LogP contribution in [-0.4, -0.2) is 27.4 Å². The smallest absolute Gasteiger partial charge is 0.254 e. The van der Waals surface area contributed by atoms with Gasteiger partial charge >= 0.3 is 0 Å². The number of carbonyl (C=O) groups is 1. The lowest BCUT2D eigenvalue weighted by Crippen LogP contribution is -2.27. The first-order valence-corrected chi connectivity index (χ1v) is 7.28. The molecule has 1 amide bonds. The summed E-state index contributed by atoms with van der Waals surface area (Å²) >= 11 is 0. The zero-order valence-corrected chi connectivity index (χ0v) is 12.7. The van der Waals surface area contributed by atoms with Crippen LogP contribution in [0, 0.1) is 13.8 Å². The summed E-state index contributed by atoms with van der Waals surface area (Å²) in [5, 5.41) is 4.13. The zero-order valence-electron chi connectivity index (χ0n) is 12.7. The Morgan fingerprint density at radius 2 is 2.09 bits per heavy atom. The molecule has 0 fully saturated rings. The normalized spacial score (nSPS) is 10.8. The van der Waals surface area contributed by atoms with Gasteiger partial charge in [-0.1, -0.05) is 18.2 Å². The molecule has 2 N–H and O–H groups in total. The fourth-order valence-corrected chi connectivity index (χ4v) is 2.55. The molecule has 0 radical (unpaired) electrons. The topological polar surface area (TPSA) is 70.7 Å². The number of rotatable bonds is 4. The number of nitrogens with zero attached hydrogens (tertiary/aromatic N) is 2. The fourth-order valence-electron chi connectivity index (χ4n) is 2.55. The molecule has 0 aliphatic rings. The van der Waals surface area contributed by atoms with Gasteiger partial charge in [0.2, 0.25) is 0 Å². The molecular formula is C17H18N4O. The second-order valence-electron chi connectivity index (χ2n) is 5.28. The van der Waals surface area contributed by atoms with E-state index < -0.39 is 0 Å². The number of aryl methyl sites for hydroxylation is 2. The summed E-state index contributed by atoms with van der Waals surface area (Å²) in [5.74, 6) is 0.546. The SMILES string of the molecule is Cc1ncc(C(=O)NCCc2c[nH]c3ccccc23)c(C)n1. The van der Waals surface area contributed by atoms with Gasteiger partial charge in [-0.3, -0.25) is 4.79 Å². The number of para-hydroxylation sites is 1. The number of fused-ring (bicyclic) bond motifs is 1. The highest BCUT2D eigenvalue weighted by molar-refractivity contribution is 5.94. The lowest BCUT2D eigenvalue weighted by atomic mass is 10.1. The number of benzene rings is 1. The Bertz CT molecular complexity index is 822. The highest BCUT2D eigenvalue weighted by Gasteiger charge is 2.10. The molecule has 2 aromatic heterocycles. The lowest BCUT2D eigenvalue weighted by molar-refractivity contribution is 0.0952. The summed E-state index contributed by atoms with van der Waals surface area (Å²) < 4.78 is 0. The third-order valence-corrected chi connectivity index (χ3v) is 3.70. The molecule has 22 heavy (non-hydrogen) atoms. The van der Waals surface area contributed by atoms with Crippen molar-refractivity contribution in [2.24, 2.45) is 0 Å². The van der Waals surface area contributed by atoms with Crippen LogP contribution in [0.3, 0.4) is 0 Å². The predicted octanol–water partition coefficient (Wildman–Crippen LogP) is 2.55. The van der Waals surface area contributed by atoms with E-state index >= 15 is 0 Å². The largest absolute Gasteiger partial charge is 0.361 e. The van der Waals surface area contributed by atoms with Gasteiger partial charge in [-0.25, -0.2) is 9.97 Å². The van der Waals surface area contributed by atoms with Crippen molar-refractivity contribution in [2.75, 3.05) is 6.54 Å². The van der Waals surface area contributed by atoms with E-state index in [9.17, 15) is 4.79 Å². The quantitative estimate of drug-likeness (QED) is 0.777. The molecule has 5 heteroatoms. The minimum Gasteiger partial charge on any atom is -0.361 e. The third-order valence-electron chi connectivity index (χ3n) is 3.70. The van der Waals surface area contributed by atoms with E-state index in [1.54, 1.807) is 6.20 Å². The number of aromatic amines is 1. The second kappa shape index (κ2) is 5.97. The molecule has 5 nitrogen and oxygen atoms in total. The van der Waals surface area contributed by atoms with E-state index in [1.807, 2.05) is 38.2 Å². The highest BCUT2D eigenvalue weighted by Crippen LogP contribution is 2.17. The standard InChI is InChI=1S/C17H18N4O/c1-11-15(10-19-12(2)21-11)17(22)18-8-7-13-9-20-16-6-4-3-5-14(13)16/h3-6,9-10,20H,7-8H2,1-2H3,(H,18,22). The van der Waals surface area contributed by atoms with E-state index in [0.29, 0.717) is 23.6 Å². The van der Waals surface area contributed by atoms with Gasteiger partial charge in [-0.2, -0.15) is 0 Å². The summed E-state index contributed by atoms with van der Waals surface area (Å²) in [7, 11) is 0. The van der Waals surface area contributed by atoms with Crippen molar-refractivity contribution in [3.63, 3.8) is 0 Å². The first-order valence-electron chi connectivity index (χ1n) is 7.28. The monoisotopic (exact) mass is 294 g/mol. The number of H-pyrrole nitrogens is 1. The maximum atomic E-state index is 12.2. The van der Waals surface area contributed by atoms with Crippen molar-refractivity contribution in [3.8, 4) is 0 Å². The molecule has 0 saturated carbocycles. The molecule has 3 rings (SSSR count). The number of hydrogen-bond donors (Lipinski definition) is 2. The van der Waals surface area contributed by atoms with Crippen molar-refractivity contribution in [2.45, 2.75) is 20.3 Å². The van der Waals surface area contributed by atoms with E-state index in [2.05, 4.69) is 26.3 Å². The van der Waals surface area contributed by atoms with Crippen LogP contribution in [0.15, 0.2) is 36.7 Å². The highest BCUT2D eigenvalue weighted by atomic mass is 16.1. The van der Waals surface area contributed by atoms with E-state index in [-0.39, 0.29) is 5.91 Å². The Labute approximate surface area is 128 Å². The lowest BCUT2D eigenvalue weighted by Gasteiger charge is -2.07. The average Bonchev–Trinajstić information content (AvgIpc) is 2.90. The molecule has 0 atom stereocenters. The molecule has 2 heterocycles. The molecule has 1 aromatic carbocycles. The maximum absolute atomic E-state index is 12.2. The molecule has 0 unspecified atom stereocenters. The molecule has 0 spiro atoms. The number of amides is 1. The fraction of sp³-hybridized carbons (Fsp3) is 0.235. The van der Waals surface area contributed by atoms with Crippen LogP contribution in [0.2, 0.25) is 0 Å². The van der Waals surface area contributed by atoms with E-state index in [4.69, 9.17) is 0 Å². The van der Waals surface area contributed by atoms with Crippen molar-refractivity contribution in [3.05, 3.63) is 59.3 Å². The number of nitrogens with one attached hydrogen (secondary N) is 2. The average molecular weight is 294 g/mol. The molecule has 0 aliphatic heterocycles. The van der Waals surface area contributed by atoms with Gasteiger partial charge in [0.1, 0.15) is 5.82 Å². The molecule has 3 aromatic rings. The summed E-state index contributed by atoms with van der Waals surface area (Å²) in [6.45, 7) is 4.21. The number of hydrogen-bond acceptors (Lipinski definition) is 3. The predicted molar refractivity (Wildman–Crippen MR) is 85.8 cm³/mol. The minimum atomic E-state index is -0.127.